The molecule has 3 rings (SSSR count). The van der Waals surface area contributed by atoms with E-state index in [0.717, 1.165) is 37.6 Å². The summed E-state index contributed by atoms with van der Waals surface area (Å²) in [6.45, 7) is 4.85. The molecule has 2 aromatic rings. The maximum atomic E-state index is 5.82. The van der Waals surface area contributed by atoms with Crippen LogP contribution < -0.4 is 10.6 Å². The molecule has 0 aliphatic carbocycles. The lowest BCUT2D eigenvalue weighted by Crippen LogP contribution is -2.19. The van der Waals surface area contributed by atoms with Crippen LogP contribution in [-0.2, 0) is 19.6 Å². The molecule has 5 nitrogen and oxygen atoms in total. The van der Waals surface area contributed by atoms with E-state index in [-0.39, 0.29) is 0 Å². The van der Waals surface area contributed by atoms with Gasteiger partial charge >= 0.3 is 0 Å². The van der Waals surface area contributed by atoms with Crippen molar-refractivity contribution in [2.75, 3.05) is 10.6 Å². The van der Waals surface area contributed by atoms with Crippen LogP contribution in [0.1, 0.15) is 24.5 Å². The van der Waals surface area contributed by atoms with Crippen molar-refractivity contribution in [2.45, 2.75) is 33.0 Å². The van der Waals surface area contributed by atoms with Crippen molar-refractivity contribution in [1.29, 1.82) is 0 Å². The molecule has 0 saturated carbocycles. The minimum atomic E-state index is 0.829. The largest absolute Gasteiger partial charge is 0.399 e. The van der Waals surface area contributed by atoms with E-state index in [4.69, 9.17) is 5.73 Å². The topological polar surface area (TPSA) is 60.0 Å². The summed E-state index contributed by atoms with van der Waals surface area (Å²) in [6, 6.07) is 6.13. The van der Waals surface area contributed by atoms with Gasteiger partial charge in [0.1, 0.15) is 5.82 Å². The van der Waals surface area contributed by atoms with Crippen molar-refractivity contribution in [3.63, 3.8) is 0 Å². The second kappa shape index (κ2) is 4.33. The maximum Gasteiger partial charge on any atom is 0.148 e. The number of anilines is 2. The van der Waals surface area contributed by atoms with Gasteiger partial charge in [0.2, 0.25) is 0 Å². The molecule has 0 fully saturated rings. The Bertz CT molecular complexity index is 560. The van der Waals surface area contributed by atoms with Gasteiger partial charge in [0.15, 0.2) is 0 Å². The fourth-order valence-corrected chi connectivity index (χ4v) is 2.44. The summed E-state index contributed by atoms with van der Waals surface area (Å²) >= 11 is 0. The highest BCUT2D eigenvalue weighted by molar-refractivity contribution is 5.52. The number of hydrogen-bond acceptors (Lipinski definition) is 4. The van der Waals surface area contributed by atoms with Crippen LogP contribution in [-0.4, -0.2) is 15.0 Å². The van der Waals surface area contributed by atoms with Gasteiger partial charge in [0.25, 0.3) is 0 Å². The number of benzene rings is 1. The first kappa shape index (κ1) is 11.1. The van der Waals surface area contributed by atoms with Crippen LogP contribution in [0.15, 0.2) is 24.4 Å². The Hall–Kier alpha value is -2.04. The van der Waals surface area contributed by atoms with Gasteiger partial charge in [-0.25, -0.2) is 4.68 Å². The molecular weight excluding hydrogens is 226 g/mol. The molecule has 2 N–H and O–H groups in total. The highest BCUT2D eigenvalue weighted by atomic mass is 15.5. The van der Waals surface area contributed by atoms with Crippen molar-refractivity contribution < 1.29 is 0 Å². The third-order valence-electron chi connectivity index (χ3n) is 3.31. The van der Waals surface area contributed by atoms with Gasteiger partial charge in [0, 0.05) is 25.3 Å². The number of nitrogen functional groups attached to an aromatic ring is 1. The summed E-state index contributed by atoms with van der Waals surface area (Å²) in [5, 5.41) is 8.14. The lowest BCUT2D eigenvalue weighted by molar-refractivity contribution is 0.570. The SMILES string of the molecule is CCCn1nncc1N1Cc2ccc(N)cc2C1. The molecule has 0 unspecified atom stereocenters. The lowest BCUT2D eigenvalue weighted by Gasteiger charge is -2.17. The Labute approximate surface area is 106 Å². The summed E-state index contributed by atoms with van der Waals surface area (Å²) in [4.78, 5) is 2.29. The molecule has 0 spiro atoms. The summed E-state index contributed by atoms with van der Waals surface area (Å²) in [5.74, 6) is 1.09. The number of hydrogen-bond donors (Lipinski definition) is 1. The minimum absolute atomic E-state index is 0.829. The van der Waals surface area contributed by atoms with Gasteiger partial charge in [-0.1, -0.05) is 18.2 Å². The number of nitrogens with zero attached hydrogens (tertiary/aromatic N) is 4. The average Bonchev–Trinajstić information content (AvgIpc) is 2.94. The quantitative estimate of drug-likeness (QED) is 0.835. The van der Waals surface area contributed by atoms with E-state index in [1.54, 1.807) is 0 Å². The zero-order valence-corrected chi connectivity index (χ0v) is 10.5. The van der Waals surface area contributed by atoms with Crippen LogP contribution in [0.2, 0.25) is 0 Å². The van der Waals surface area contributed by atoms with Gasteiger partial charge in [-0.2, -0.15) is 0 Å². The summed E-state index contributed by atoms with van der Waals surface area (Å²) in [5.41, 5.74) is 9.30. The van der Waals surface area contributed by atoms with E-state index < -0.39 is 0 Å². The normalized spacial score (nSPS) is 13.9. The maximum absolute atomic E-state index is 5.82. The van der Waals surface area contributed by atoms with Gasteiger partial charge in [-0.05, 0) is 29.7 Å². The standard InChI is InChI=1S/C13H17N5/c1-2-5-18-13(7-15-16-18)17-8-10-3-4-12(14)6-11(10)9-17/h3-4,6-7H,2,5,8-9,14H2,1H3. The van der Waals surface area contributed by atoms with E-state index in [9.17, 15) is 0 Å². The van der Waals surface area contributed by atoms with Crippen LogP contribution in [0, 0.1) is 0 Å². The van der Waals surface area contributed by atoms with E-state index in [0.29, 0.717) is 0 Å². The van der Waals surface area contributed by atoms with Crippen LogP contribution in [0.3, 0.4) is 0 Å². The second-order valence-electron chi connectivity index (χ2n) is 4.70. The first-order valence-electron chi connectivity index (χ1n) is 6.28. The van der Waals surface area contributed by atoms with Gasteiger partial charge < -0.3 is 10.6 Å². The summed E-state index contributed by atoms with van der Waals surface area (Å²) < 4.78 is 1.97. The van der Waals surface area contributed by atoms with Crippen LogP contribution in [0.5, 0.6) is 0 Å². The molecule has 0 radical (unpaired) electrons. The molecule has 1 aliphatic heterocycles. The van der Waals surface area contributed by atoms with E-state index in [1.807, 2.05) is 16.9 Å². The summed E-state index contributed by atoms with van der Waals surface area (Å²) in [7, 11) is 0. The minimum Gasteiger partial charge on any atom is -0.399 e. The van der Waals surface area contributed by atoms with Crippen molar-refractivity contribution in [3.8, 4) is 0 Å². The van der Waals surface area contributed by atoms with Gasteiger partial charge in [-0.3, -0.25) is 0 Å². The summed E-state index contributed by atoms with van der Waals surface area (Å²) in [6.07, 6.45) is 2.90. The average molecular weight is 243 g/mol. The first-order chi connectivity index (χ1) is 8.78. The van der Waals surface area contributed by atoms with Crippen LogP contribution >= 0.6 is 0 Å². The number of fused-ring (bicyclic) bond motifs is 1. The zero-order chi connectivity index (χ0) is 12.5. The second-order valence-corrected chi connectivity index (χ2v) is 4.70. The molecule has 0 amide bonds. The molecule has 18 heavy (non-hydrogen) atoms. The molecule has 94 valence electrons. The molecule has 0 saturated heterocycles. The molecule has 5 heteroatoms. The van der Waals surface area contributed by atoms with Crippen molar-refractivity contribution in [3.05, 3.63) is 35.5 Å². The molecule has 1 aromatic heterocycles. The van der Waals surface area contributed by atoms with Crippen LogP contribution in [0.25, 0.3) is 0 Å². The number of aryl methyl sites for hydroxylation is 1. The van der Waals surface area contributed by atoms with E-state index in [2.05, 4.69) is 34.3 Å². The van der Waals surface area contributed by atoms with E-state index >= 15 is 0 Å². The molecule has 0 atom stereocenters. The zero-order valence-electron chi connectivity index (χ0n) is 10.5. The van der Waals surface area contributed by atoms with Crippen LogP contribution in [0.4, 0.5) is 11.5 Å². The Morgan fingerprint density at radius 2 is 2.11 bits per heavy atom. The fraction of sp³-hybridized carbons (Fsp3) is 0.385. The predicted molar refractivity (Wildman–Crippen MR) is 71.1 cm³/mol. The van der Waals surface area contributed by atoms with Gasteiger partial charge in [0.05, 0.1) is 6.20 Å². The van der Waals surface area contributed by atoms with Gasteiger partial charge in [-0.15, -0.1) is 5.10 Å². The number of nitrogens with two attached hydrogens (primary N) is 1. The fourth-order valence-electron chi connectivity index (χ4n) is 2.44. The Balaban J connectivity index is 1.87. The Morgan fingerprint density at radius 3 is 2.94 bits per heavy atom. The number of rotatable bonds is 3. The molecule has 0 bridgehead atoms. The first-order valence-corrected chi connectivity index (χ1v) is 6.28. The van der Waals surface area contributed by atoms with Crippen molar-refractivity contribution in [1.82, 2.24) is 15.0 Å². The molecule has 2 heterocycles. The Morgan fingerprint density at radius 1 is 1.28 bits per heavy atom. The molecule has 1 aromatic carbocycles. The van der Waals surface area contributed by atoms with E-state index in [1.165, 1.54) is 11.1 Å². The highest BCUT2D eigenvalue weighted by Crippen LogP contribution is 2.28. The highest BCUT2D eigenvalue weighted by Gasteiger charge is 2.22. The van der Waals surface area contributed by atoms with Crippen molar-refractivity contribution >= 4 is 11.5 Å². The molecule has 1 aliphatic rings. The third kappa shape index (κ3) is 1.81. The number of aromatic nitrogens is 3. The third-order valence-corrected chi connectivity index (χ3v) is 3.31. The monoisotopic (exact) mass is 243 g/mol. The predicted octanol–water partition coefficient (Wildman–Crippen LogP) is 1.79. The Kier molecular flexibility index (Phi) is 2.66. The lowest BCUT2D eigenvalue weighted by atomic mass is 10.1. The smallest absolute Gasteiger partial charge is 0.148 e. The molecular formula is C13H17N5. The van der Waals surface area contributed by atoms with Crippen molar-refractivity contribution in [2.24, 2.45) is 0 Å².